The Balaban J connectivity index is 0.000000469. The highest BCUT2D eigenvalue weighted by Gasteiger charge is 2.08. The second-order valence-electron chi connectivity index (χ2n) is 7.25. The maximum atomic E-state index is 9.10. The molecule has 1 aromatic heterocycles. The zero-order chi connectivity index (χ0) is 22.3. The predicted octanol–water partition coefficient (Wildman–Crippen LogP) is 4.29. The summed E-state index contributed by atoms with van der Waals surface area (Å²) in [6.07, 6.45) is 1.93. The number of carbonyl (C=O) groups is 2. The Labute approximate surface area is 176 Å². The van der Waals surface area contributed by atoms with E-state index in [1.54, 1.807) is 0 Å². The van der Waals surface area contributed by atoms with Gasteiger partial charge >= 0.3 is 11.9 Å². The molecule has 3 rings (SSSR count). The van der Waals surface area contributed by atoms with Gasteiger partial charge in [-0.1, -0.05) is 67.9 Å². The first kappa shape index (κ1) is 22.7. The third-order valence-corrected chi connectivity index (χ3v) is 4.62. The quantitative estimate of drug-likeness (QED) is 0.543. The topological polar surface area (TPSA) is 104 Å². The van der Waals surface area contributed by atoms with Crippen LogP contribution in [0.3, 0.4) is 0 Å². The van der Waals surface area contributed by atoms with Crippen LogP contribution in [0, 0.1) is 6.92 Å². The van der Waals surface area contributed by atoms with E-state index in [1.807, 2.05) is 13.2 Å². The minimum atomic E-state index is -1.82. The summed E-state index contributed by atoms with van der Waals surface area (Å²) in [5.74, 6) is -2.19. The summed E-state index contributed by atoms with van der Waals surface area (Å²) in [4.78, 5) is 22.7. The Kier molecular flexibility index (Phi) is 7.75. The molecule has 0 saturated carbocycles. The largest absolute Gasteiger partial charge is 0.473 e. The van der Waals surface area contributed by atoms with Gasteiger partial charge in [0, 0.05) is 13.6 Å². The molecule has 7 heteroatoms. The van der Waals surface area contributed by atoms with Crippen molar-refractivity contribution in [3.8, 4) is 11.3 Å². The smallest absolute Gasteiger partial charge is 0.414 e. The molecule has 2 aromatic carbocycles. The van der Waals surface area contributed by atoms with Crippen molar-refractivity contribution in [1.82, 2.24) is 9.55 Å². The lowest BCUT2D eigenvalue weighted by molar-refractivity contribution is -0.159. The summed E-state index contributed by atoms with van der Waals surface area (Å²) in [7, 11) is 2.05. The minimum absolute atomic E-state index is 0.568. The zero-order valence-corrected chi connectivity index (χ0v) is 17.6. The van der Waals surface area contributed by atoms with Crippen LogP contribution in [0.1, 0.15) is 36.5 Å². The molecule has 30 heavy (non-hydrogen) atoms. The third kappa shape index (κ3) is 6.20. The second kappa shape index (κ2) is 10.2. The van der Waals surface area contributed by atoms with Crippen molar-refractivity contribution in [1.29, 1.82) is 0 Å². The van der Waals surface area contributed by atoms with E-state index >= 15 is 0 Å². The molecule has 0 aliphatic carbocycles. The number of nitrogens with zero attached hydrogens (tertiary/aromatic N) is 2. The zero-order valence-electron chi connectivity index (χ0n) is 17.6. The van der Waals surface area contributed by atoms with Crippen molar-refractivity contribution in [3.63, 3.8) is 0 Å². The molecule has 0 bridgehead atoms. The fourth-order valence-corrected chi connectivity index (χ4v) is 2.77. The van der Waals surface area contributed by atoms with Crippen LogP contribution < -0.4 is 5.32 Å². The van der Waals surface area contributed by atoms with Crippen LogP contribution in [0.2, 0.25) is 0 Å². The van der Waals surface area contributed by atoms with Gasteiger partial charge in [0.05, 0.1) is 11.9 Å². The predicted molar refractivity (Wildman–Crippen MR) is 117 cm³/mol. The van der Waals surface area contributed by atoms with Gasteiger partial charge in [0.2, 0.25) is 5.95 Å². The van der Waals surface area contributed by atoms with E-state index < -0.39 is 11.9 Å². The molecule has 158 valence electrons. The number of anilines is 1. The number of benzene rings is 2. The van der Waals surface area contributed by atoms with Crippen LogP contribution in [0.4, 0.5) is 5.95 Å². The van der Waals surface area contributed by atoms with Gasteiger partial charge in [-0.3, -0.25) is 0 Å². The summed E-state index contributed by atoms with van der Waals surface area (Å²) in [6, 6.07) is 17.3. The SMILES string of the molecule is Cc1ccc(-c2cnc(NCc3ccc(C(C)C)cc3)n2C)cc1.O=C(O)C(=O)O. The van der Waals surface area contributed by atoms with Crippen LogP contribution in [0.15, 0.2) is 54.7 Å². The molecule has 0 unspecified atom stereocenters. The normalized spacial score (nSPS) is 10.3. The number of hydrogen-bond donors (Lipinski definition) is 3. The first-order valence-corrected chi connectivity index (χ1v) is 9.56. The molecule has 0 radical (unpaired) electrons. The molecule has 0 aliphatic heterocycles. The van der Waals surface area contributed by atoms with E-state index in [4.69, 9.17) is 19.8 Å². The third-order valence-electron chi connectivity index (χ3n) is 4.62. The van der Waals surface area contributed by atoms with Crippen molar-refractivity contribution in [2.24, 2.45) is 7.05 Å². The molecule has 7 nitrogen and oxygen atoms in total. The fourth-order valence-electron chi connectivity index (χ4n) is 2.77. The van der Waals surface area contributed by atoms with E-state index in [0.29, 0.717) is 5.92 Å². The average molecular weight is 409 g/mol. The maximum absolute atomic E-state index is 9.10. The monoisotopic (exact) mass is 409 g/mol. The molecule has 1 heterocycles. The van der Waals surface area contributed by atoms with Crippen molar-refractivity contribution in [2.75, 3.05) is 5.32 Å². The van der Waals surface area contributed by atoms with Gasteiger partial charge in [-0.25, -0.2) is 14.6 Å². The van der Waals surface area contributed by atoms with Gasteiger partial charge in [-0.15, -0.1) is 0 Å². The summed E-state index contributed by atoms with van der Waals surface area (Å²) < 4.78 is 2.10. The number of aryl methyl sites for hydroxylation is 1. The molecular formula is C23H27N3O4. The number of hydrogen-bond acceptors (Lipinski definition) is 4. The first-order chi connectivity index (χ1) is 14.2. The minimum Gasteiger partial charge on any atom is -0.473 e. The lowest BCUT2D eigenvalue weighted by Crippen LogP contribution is -2.09. The highest BCUT2D eigenvalue weighted by atomic mass is 16.4. The van der Waals surface area contributed by atoms with Gasteiger partial charge in [0.25, 0.3) is 0 Å². The van der Waals surface area contributed by atoms with Gasteiger partial charge in [0.1, 0.15) is 0 Å². The summed E-state index contributed by atoms with van der Waals surface area (Å²) in [5.41, 5.74) is 6.21. The number of aromatic nitrogens is 2. The molecule has 0 atom stereocenters. The fraction of sp³-hybridized carbons (Fsp3) is 0.261. The van der Waals surface area contributed by atoms with Crippen molar-refractivity contribution >= 4 is 17.9 Å². The maximum Gasteiger partial charge on any atom is 0.414 e. The van der Waals surface area contributed by atoms with E-state index in [2.05, 4.69) is 84.2 Å². The van der Waals surface area contributed by atoms with Gasteiger partial charge < -0.3 is 20.1 Å². The van der Waals surface area contributed by atoms with Gasteiger partial charge in [-0.2, -0.15) is 0 Å². The number of rotatable bonds is 5. The number of nitrogens with one attached hydrogen (secondary N) is 1. The van der Waals surface area contributed by atoms with Crippen LogP contribution in [-0.4, -0.2) is 31.7 Å². The number of imidazole rings is 1. The van der Waals surface area contributed by atoms with E-state index in [9.17, 15) is 0 Å². The molecule has 0 aliphatic rings. The highest BCUT2D eigenvalue weighted by Crippen LogP contribution is 2.22. The number of carboxylic acids is 2. The molecule has 3 aromatic rings. The van der Waals surface area contributed by atoms with Crippen molar-refractivity contribution in [3.05, 3.63) is 71.4 Å². The Hall–Kier alpha value is -3.61. The summed E-state index contributed by atoms with van der Waals surface area (Å²) >= 11 is 0. The van der Waals surface area contributed by atoms with Crippen LogP contribution >= 0.6 is 0 Å². The lowest BCUT2D eigenvalue weighted by atomic mass is 10.0. The average Bonchev–Trinajstić information content (AvgIpc) is 3.08. The first-order valence-electron chi connectivity index (χ1n) is 9.56. The molecule has 0 saturated heterocycles. The Morgan fingerprint density at radius 2 is 1.57 bits per heavy atom. The van der Waals surface area contributed by atoms with E-state index in [0.717, 1.165) is 18.2 Å². The Morgan fingerprint density at radius 3 is 2.07 bits per heavy atom. The number of carboxylic acid groups (broad SMARTS) is 2. The number of aliphatic carboxylic acids is 2. The van der Waals surface area contributed by atoms with Gasteiger partial charge in [-0.05, 0) is 29.5 Å². The van der Waals surface area contributed by atoms with Gasteiger partial charge in [0.15, 0.2) is 0 Å². The standard InChI is InChI=1S/C21H25N3.C2H2O4/c1-15(2)18-11-7-17(8-12-18)13-22-21-23-14-20(24(21)4)19-9-5-16(3)6-10-19;3-1(4)2(5)6/h5-12,14-15H,13H2,1-4H3,(H,22,23);(H,3,4)(H,5,6). The van der Waals surface area contributed by atoms with Crippen LogP contribution in [-0.2, 0) is 23.2 Å². The van der Waals surface area contributed by atoms with Crippen molar-refractivity contribution < 1.29 is 19.8 Å². The molecular weight excluding hydrogens is 382 g/mol. The Bertz CT molecular complexity index is 978. The summed E-state index contributed by atoms with van der Waals surface area (Å²) in [6.45, 7) is 7.31. The van der Waals surface area contributed by atoms with Crippen LogP contribution in [0.25, 0.3) is 11.3 Å². The Morgan fingerprint density at radius 1 is 1.00 bits per heavy atom. The van der Waals surface area contributed by atoms with Crippen molar-refractivity contribution in [2.45, 2.75) is 33.2 Å². The van der Waals surface area contributed by atoms with E-state index in [-0.39, 0.29) is 0 Å². The highest BCUT2D eigenvalue weighted by molar-refractivity contribution is 6.27. The summed E-state index contributed by atoms with van der Waals surface area (Å²) in [5, 5.41) is 18.2. The molecule has 0 spiro atoms. The lowest BCUT2D eigenvalue weighted by Gasteiger charge is -2.10. The van der Waals surface area contributed by atoms with E-state index in [1.165, 1.54) is 22.3 Å². The molecule has 0 fully saturated rings. The van der Waals surface area contributed by atoms with Crippen LogP contribution in [0.5, 0.6) is 0 Å². The second-order valence-corrected chi connectivity index (χ2v) is 7.25. The molecule has 3 N–H and O–H groups in total. The molecule has 0 amide bonds.